The molecule has 0 bridgehead atoms. The molecule has 68 valence electrons. The van der Waals surface area contributed by atoms with Crippen molar-refractivity contribution in [2.75, 3.05) is 6.54 Å². The number of nitrogens with zero attached hydrogens (tertiary/aromatic N) is 2. The van der Waals surface area contributed by atoms with Crippen LogP contribution in [0.1, 0.15) is 20.3 Å². The van der Waals surface area contributed by atoms with E-state index in [1.54, 1.807) is 0 Å². The number of hydrogen-bond donors (Lipinski definition) is 0. The van der Waals surface area contributed by atoms with Crippen LogP contribution < -0.4 is 0 Å². The Labute approximate surface area is 79.0 Å². The molecule has 0 atom stereocenters. The maximum Gasteiger partial charge on any atom is 0.0496 e. The molecule has 0 fully saturated rings. The standard InChI is InChI=1S/C11H14N2/c1-9(2)13-8-5-10-3-6-12-7-4-11(10)13/h3-4,6,9H,5,8H2,1-2H3. The molecule has 0 saturated heterocycles. The maximum absolute atomic E-state index is 3.99. The number of aliphatic imine (C=N–C) groups is 1. The molecule has 0 aliphatic carbocycles. The van der Waals surface area contributed by atoms with E-state index in [9.17, 15) is 0 Å². The van der Waals surface area contributed by atoms with Crippen molar-refractivity contribution in [1.82, 2.24) is 4.90 Å². The van der Waals surface area contributed by atoms with Gasteiger partial charge in [-0.2, -0.15) is 0 Å². The fourth-order valence-electron chi connectivity index (χ4n) is 1.82. The Morgan fingerprint density at radius 3 is 3.15 bits per heavy atom. The summed E-state index contributed by atoms with van der Waals surface area (Å²) in [6, 6.07) is 0.567. The molecule has 0 saturated carbocycles. The van der Waals surface area contributed by atoms with Crippen molar-refractivity contribution in [1.29, 1.82) is 0 Å². The van der Waals surface area contributed by atoms with Crippen molar-refractivity contribution in [3.8, 4) is 0 Å². The third-order valence-corrected chi connectivity index (χ3v) is 2.51. The Kier molecular flexibility index (Phi) is 2.07. The van der Waals surface area contributed by atoms with E-state index in [1.807, 2.05) is 12.3 Å². The van der Waals surface area contributed by atoms with E-state index >= 15 is 0 Å². The Balaban J connectivity index is 2.35. The van der Waals surface area contributed by atoms with Crippen molar-refractivity contribution in [2.24, 2.45) is 4.99 Å². The number of rotatable bonds is 1. The van der Waals surface area contributed by atoms with Crippen LogP contribution in [0, 0.1) is 0 Å². The van der Waals surface area contributed by atoms with Crippen LogP contribution in [0.4, 0.5) is 0 Å². The summed E-state index contributed by atoms with van der Waals surface area (Å²) in [5.74, 6) is 2.92. The highest BCUT2D eigenvalue weighted by Gasteiger charge is 2.21. The van der Waals surface area contributed by atoms with E-state index in [-0.39, 0.29) is 0 Å². The predicted molar refractivity (Wildman–Crippen MR) is 54.6 cm³/mol. The predicted octanol–water partition coefficient (Wildman–Crippen LogP) is 2.11. The molecule has 0 amide bonds. The van der Waals surface area contributed by atoms with Gasteiger partial charge >= 0.3 is 0 Å². The smallest absolute Gasteiger partial charge is 0.0496 e. The largest absolute Gasteiger partial charge is 0.368 e. The Morgan fingerprint density at radius 2 is 2.38 bits per heavy atom. The van der Waals surface area contributed by atoms with E-state index in [0.29, 0.717) is 6.04 Å². The summed E-state index contributed by atoms with van der Waals surface area (Å²) in [4.78, 5) is 6.39. The first-order valence-corrected chi connectivity index (χ1v) is 4.74. The van der Waals surface area contributed by atoms with Crippen LogP contribution in [-0.4, -0.2) is 23.4 Å². The van der Waals surface area contributed by atoms with Crippen LogP contribution in [0.2, 0.25) is 0 Å². The van der Waals surface area contributed by atoms with Crippen LogP contribution in [0.15, 0.2) is 34.6 Å². The van der Waals surface area contributed by atoms with E-state index in [1.165, 1.54) is 11.3 Å². The fraction of sp³-hybridized carbons (Fsp3) is 0.455. The lowest BCUT2D eigenvalue weighted by Gasteiger charge is -2.24. The first-order chi connectivity index (χ1) is 6.29. The average molecular weight is 174 g/mol. The molecule has 2 nitrogen and oxygen atoms in total. The van der Waals surface area contributed by atoms with Gasteiger partial charge in [-0.05, 0) is 37.8 Å². The van der Waals surface area contributed by atoms with E-state index in [4.69, 9.17) is 0 Å². The molecular formula is C11H14N2. The van der Waals surface area contributed by atoms with Gasteiger partial charge in [0.25, 0.3) is 0 Å². The Morgan fingerprint density at radius 1 is 1.54 bits per heavy atom. The van der Waals surface area contributed by atoms with Gasteiger partial charge in [-0.25, -0.2) is 4.99 Å². The van der Waals surface area contributed by atoms with Crippen LogP contribution >= 0.6 is 0 Å². The number of allylic oxidation sites excluding steroid dienone is 2. The summed E-state index contributed by atoms with van der Waals surface area (Å²) in [7, 11) is 0. The van der Waals surface area contributed by atoms with Crippen molar-refractivity contribution in [2.45, 2.75) is 26.3 Å². The minimum absolute atomic E-state index is 0.567. The molecule has 13 heavy (non-hydrogen) atoms. The highest BCUT2D eigenvalue weighted by atomic mass is 15.2. The van der Waals surface area contributed by atoms with Gasteiger partial charge in [0.1, 0.15) is 0 Å². The molecule has 0 aromatic heterocycles. The van der Waals surface area contributed by atoms with E-state index < -0.39 is 0 Å². The molecule has 0 N–H and O–H groups in total. The summed E-state index contributed by atoms with van der Waals surface area (Å²) in [5.41, 5.74) is 2.69. The van der Waals surface area contributed by atoms with Crippen molar-refractivity contribution < 1.29 is 0 Å². The third-order valence-electron chi connectivity index (χ3n) is 2.51. The average Bonchev–Trinajstić information content (AvgIpc) is 2.36. The van der Waals surface area contributed by atoms with Crippen molar-refractivity contribution in [3.63, 3.8) is 0 Å². The second-order valence-corrected chi connectivity index (χ2v) is 3.67. The summed E-state index contributed by atoms with van der Waals surface area (Å²) in [5, 5.41) is 0. The molecule has 2 heteroatoms. The van der Waals surface area contributed by atoms with Gasteiger partial charge in [0.2, 0.25) is 0 Å². The van der Waals surface area contributed by atoms with E-state index in [2.05, 4.69) is 35.7 Å². The lowest BCUT2D eigenvalue weighted by molar-refractivity contribution is 0.319. The monoisotopic (exact) mass is 174 g/mol. The van der Waals surface area contributed by atoms with Gasteiger partial charge in [0.05, 0.1) is 0 Å². The minimum atomic E-state index is 0.567. The van der Waals surface area contributed by atoms with Gasteiger partial charge in [0.15, 0.2) is 0 Å². The minimum Gasteiger partial charge on any atom is -0.368 e. The zero-order valence-electron chi connectivity index (χ0n) is 8.12. The van der Waals surface area contributed by atoms with Gasteiger partial charge in [-0.1, -0.05) is 0 Å². The number of hydrogen-bond acceptors (Lipinski definition) is 2. The Bertz CT molecular complexity index is 328. The quantitative estimate of drug-likeness (QED) is 0.594. The molecule has 2 aliphatic heterocycles. The van der Waals surface area contributed by atoms with Crippen LogP contribution in [0.5, 0.6) is 0 Å². The zero-order valence-corrected chi connectivity index (χ0v) is 8.12. The first kappa shape index (κ1) is 8.33. The Hall–Kier alpha value is -1.27. The summed E-state index contributed by atoms with van der Waals surface area (Å²) in [6.07, 6.45) is 7.04. The van der Waals surface area contributed by atoms with Gasteiger partial charge in [-0.3, -0.25) is 0 Å². The zero-order chi connectivity index (χ0) is 9.26. The second kappa shape index (κ2) is 3.23. The lowest BCUT2D eigenvalue weighted by atomic mass is 10.2. The molecular weight excluding hydrogens is 160 g/mol. The maximum atomic E-state index is 3.99. The highest BCUT2D eigenvalue weighted by molar-refractivity contribution is 5.61. The van der Waals surface area contributed by atoms with Crippen LogP contribution in [0.3, 0.4) is 0 Å². The third kappa shape index (κ3) is 1.45. The molecule has 0 radical (unpaired) electrons. The summed E-state index contributed by atoms with van der Waals surface area (Å²) >= 11 is 0. The topological polar surface area (TPSA) is 15.6 Å². The van der Waals surface area contributed by atoms with Gasteiger partial charge < -0.3 is 4.90 Å². The molecule has 0 aromatic rings. The van der Waals surface area contributed by atoms with Gasteiger partial charge in [-0.15, -0.1) is 0 Å². The SMILES string of the molecule is CC(C)N1CCC2=C1C=C=NC=C2. The molecule has 0 spiro atoms. The molecule has 2 rings (SSSR count). The normalized spacial score (nSPS) is 20.1. The molecule has 2 heterocycles. The summed E-state index contributed by atoms with van der Waals surface area (Å²) in [6.45, 7) is 5.57. The highest BCUT2D eigenvalue weighted by Crippen LogP contribution is 2.27. The van der Waals surface area contributed by atoms with Crippen LogP contribution in [-0.2, 0) is 0 Å². The second-order valence-electron chi connectivity index (χ2n) is 3.67. The molecule has 0 unspecified atom stereocenters. The van der Waals surface area contributed by atoms with Crippen LogP contribution in [0.25, 0.3) is 0 Å². The summed E-state index contributed by atoms with van der Waals surface area (Å²) < 4.78 is 0. The lowest BCUT2D eigenvalue weighted by Crippen LogP contribution is -2.26. The molecule has 0 aromatic carbocycles. The molecule has 2 aliphatic rings. The van der Waals surface area contributed by atoms with Crippen molar-refractivity contribution in [3.05, 3.63) is 29.6 Å². The van der Waals surface area contributed by atoms with Crippen molar-refractivity contribution >= 4 is 5.87 Å². The first-order valence-electron chi connectivity index (χ1n) is 4.74. The fourth-order valence-corrected chi connectivity index (χ4v) is 1.82. The van der Waals surface area contributed by atoms with E-state index in [0.717, 1.165) is 13.0 Å². The van der Waals surface area contributed by atoms with Gasteiger partial charge in [0, 0.05) is 30.6 Å².